The molecule has 1 aromatic carbocycles. The number of hydrogen-bond donors (Lipinski definition) is 2. The third-order valence-electron chi connectivity index (χ3n) is 4.37. The van der Waals surface area contributed by atoms with E-state index in [1.165, 1.54) is 22.6 Å². The maximum atomic E-state index is 5.88. The smallest absolute Gasteiger partial charge is 0.180 e. The number of nitrogens with two attached hydrogens (primary N) is 1. The van der Waals surface area contributed by atoms with E-state index in [1.807, 2.05) is 7.05 Å². The SMILES string of the molecule is CNCCC1(c2ccccc2)CCc2sc(N)nc2C1. The van der Waals surface area contributed by atoms with E-state index in [0.29, 0.717) is 5.13 Å². The fourth-order valence-corrected chi connectivity index (χ4v) is 4.11. The van der Waals surface area contributed by atoms with Crippen molar-refractivity contribution in [2.45, 2.75) is 31.1 Å². The van der Waals surface area contributed by atoms with Gasteiger partial charge in [-0.15, -0.1) is 11.3 Å². The number of rotatable bonds is 4. The second kappa shape index (κ2) is 5.54. The Hall–Kier alpha value is -1.39. The van der Waals surface area contributed by atoms with Crippen LogP contribution in [0.3, 0.4) is 0 Å². The highest BCUT2D eigenvalue weighted by molar-refractivity contribution is 7.15. The Labute approximate surface area is 124 Å². The Morgan fingerprint density at radius 2 is 2.15 bits per heavy atom. The summed E-state index contributed by atoms with van der Waals surface area (Å²) in [5.41, 5.74) is 8.75. The summed E-state index contributed by atoms with van der Waals surface area (Å²) < 4.78 is 0. The molecule has 0 saturated heterocycles. The van der Waals surface area contributed by atoms with Gasteiger partial charge in [0, 0.05) is 16.7 Å². The van der Waals surface area contributed by atoms with Crippen LogP contribution in [0.25, 0.3) is 0 Å². The Morgan fingerprint density at radius 3 is 2.90 bits per heavy atom. The highest BCUT2D eigenvalue weighted by Gasteiger charge is 2.37. The number of nitrogens with one attached hydrogen (secondary N) is 1. The van der Waals surface area contributed by atoms with Crippen LogP contribution in [0.4, 0.5) is 5.13 Å². The molecule has 3 rings (SSSR count). The molecule has 0 radical (unpaired) electrons. The van der Waals surface area contributed by atoms with Crippen molar-refractivity contribution >= 4 is 16.5 Å². The Bertz CT molecular complexity index is 579. The van der Waals surface area contributed by atoms with Crippen LogP contribution in [0.5, 0.6) is 0 Å². The molecule has 1 atom stereocenters. The molecular formula is C16H21N3S. The van der Waals surface area contributed by atoms with Crippen LogP contribution in [-0.2, 0) is 18.3 Å². The Balaban J connectivity index is 1.96. The lowest BCUT2D eigenvalue weighted by Crippen LogP contribution is -2.36. The van der Waals surface area contributed by atoms with E-state index >= 15 is 0 Å². The van der Waals surface area contributed by atoms with Crippen molar-refractivity contribution in [3.8, 4) is 0 Å². The fraction of sp³-hybridized carbons (Fsp3) is 0.438. The average Bonchev–Trinajstić information content (AvgIpc) is 2.85. The van der Waals surface area contributed by atoms with Gasteiger partial charge in [0.2, 0.25) is 0 Å². The molecule has 106 valence electrons. The standard InChI is InChI=1S/C16H21N3S/c1-18-10-9-16(12-5-3-2-4-6-12)8-7-14-13(11-16)19-15(17)20-14/h2-6,18H,7-11H2,1H3,(H2,17,19). The molecule has 1 aliphatic carbocycles. The van der Waals surface area contributed by atoms with E-state index in [0.717, 1.165) is 25.8 Å². The molecule has 1 heterocycles. The maximum Gasteiger partial charge on any atom is 0.180 e. The van der Waals surface area contributed by atoms with Crippen molar-refractivity contribution in [1.82, 2.24) is 10.3 Å². The molecule has 2 aromatic rings. The minimum atomic E-state index is 0.206. The van der Waals surface area contributed by atoms with Gasteiger partial charge in [0.25, 0.3) is 0 Å². The summed E-state index contributed by atoms with van der Waals surface area (Å²) in [6.45, 7) is 1.03. The number of aromatic nitrogens is 1. The molecule has 0 saturated carbocycles. The summed E-state index contributed by atoms with van der Waals surface area (Å²) >= 11 is 1.66. The van der Waals surface area contributed by atoms with Crippen molar-refractivity contribution in [2.75, 3.05) is 19.3 Å². The highest BCUT2D eigenvalue weighted by atomic mass is 32.1. The van der Waals surface area contributed by atoms with E-state index < -0.39 is 0 Å². The van der Waals surface area contributed by atoms with Crippen LogP contribution < -0.4 is 11.1 Å². The number of hydrogen-bond acceptors (Lipinski definition) is 4. The molecule has 1 aromatic heterocycles. The van der Waals surface area contributed by atoms with Gasteiger partial charge >= 0.3 is 0 Å². The van der Waals surface area contributed by atoms with Gasteiger partial charge in [-0.1, -0.05) is 30.3 Å². The summed E-state index contributed by atoms with van der Waals surface area (Å²) in [7, 11) is 2.02. The largest absolute Gasteiger partial charge is 0.375 e. The number of anilines is 1. The summed E-state index contributed by atoms with van der Waals surface area (Å²) in [6.07, 6.45) is 4.45. The van der Waals surface area contributed by atoms with Crippen LogP contribution in [0.15, 0.2) is 30.3 Å². The van der Waals surface area contributed by atoms with Crippen LogP contribution in [0.2, 0.25) is 0 Å². The number of nitrogens with zero attached hydrogens (tertiary/aromatic N) is 1. The molecule has 0 bridgehead atoms. The predicted molar refractivity (Wildman–Crippen MR) is 85.2 cm³/mol. The lowest BCUT2D eigenvalue weighted by molar-refractivity contribution is 0.339. The number of nitrogen functional groups attached to an aromatic ring is 1. The van der Waals surface area contributed by atoms with Crippen LogP contribution in [-0.4, -0.2) is 18.6 Å². The molecule has 0 fully saturated rings. The van der Waals surface area contributed by atoms with Gasteiger partial charge in [-0.05, 0) is 38.4 Å². The molecular weight excluding hydrogens is 266 g/mol. The van der Waals surface area contributed by atoms with Gasteiger partial charge in [-0.2, -0.15) is 0 Å². The van der Waals surface area contributed by atoms with Gasteiger partial charge in [0.1, 0.15) is 0 Å². The molecule has 3 N–H and O–H groups in total. The minimum Gasteiger partial charge on any atom is -0.375 e. The molecule has 1 unspecified atom stereocenters. The van der Waals surface area contributed by atoms with Crippen molar-refractivity contribution < 1.29 is 0 Å². The Morgan fingerprint density at radius 1 is 1.35 bits per heavy atom. The zero-order valence-electron chi connectivity index (χ0n) is 11.9. The molecule has 0 aliphatic heterocycles. The molecule has 20 heavy (non-hydrogen) atoms. The van der Waals surface area contributed by atoms with Gasteiger partial charge < -0.3 is 11.1 Å². The van der Waals surface area contributed by atoms with Crippen molar-refractivity contribution in [3.05, 3.63) is 46.5 Å². The average molecular weight is 287 g/mol. The number of benzene rings is 1. The first-order valence-corrected chi connectivity index (χ1v) is 7.99. The maximum absolute atomic E-state index is 5.88. The van der Waals surface area contributed by atoms with Crippen molar-refractivity contribution in [3.63, 3.8) is 0 Å². The molecule has 1 aliphatic rings. The van der Waals surface area contributed by atoms with Crippen LogP contribution in [0.1, 0.15) is 29.0 Å². The van der Waals surface area contributed by atoms with Crippen LogP contribution in [0, 0.1) is 0 Å². The number of thiazole rings is 1. The Kier molecular flexibility index (Phi) is 3.76. The van der Waals surface area contributed by atoms with E-state index in [9.17, 15) is 0 Å². The number of fused-ring (bicyclic) bond motifs is 1. The van der Waals surface area contributed by atoms with Gasteiger partial charge in [0.15, 0.2) is 5.13 Å². The predicted octanol–water partition coefficient (Wildman–Crippen LogP) is 2.76. The normalized spacial score (nSPS) is 21.6. The monoisotopic (exact) mass is 287 g/mol. The highest BCUT2D eigenvalue weighted by Crippen LogP contribution is 2.42. The second-order valence-corrected chi connectivity index (χ2v) is 6.71. The van der Waals surface area contributed by atoms with E-state index in [2.05, 4.69) is 40.6 Å². The van der Waals surface area contributed by atoms with Crippen LogP contribution >= 0.6 is 11.3 Å². The first-order chi connectivity index (χ1) is 9.73. The summed E-state index contributed by atoms with van der Waals surface area (Å²) in [6, 6.07) is 10.9. The first kappa shape index (κ1) is 13.6. The molecule has 0 amide bonds. The minimum absolute atomic E-state index is 0.206. The van der Waals surface area contributed by atoms with Gasteiger partial charge in [-0.25, -0.2) is 4.98 Å². The number of aryl methyl sites for hydroxylation is 1. The molecule has 3 nitrogen and oxygen atoms in total. The van der Waals surface area contributed by atoms with Gasteiger partial charge in [-0.3, -0.25) is 0 Å². The van der Waals surface area contributed by atoms with Gasteiger partial charge in [0.05, 0.1) is 5.69 Å². The lowest BCUT2D eigenvalue weighted by atomic mass is 9.68. The van der Waals surface area contributed by atoms with Crippen molar-refractivity contribution in [1.29, 1.82) is 0 Å². The van der Waals surface area contributed by atoms with E-state index in [-0.39, 0.29) is 5.41 Å². The van der Waals surface area contributed by atoms with E-state index in [1.54, 1.807) is 11.3 Å². The second-order valence-electron chi connectivity index (χ2n) is 5.60. The molecule has 0 spiro atoms. The topological polar surface area (TPSA) is 50.9 Å². The summed E-state index contributed by atoms with van der Waals surface area (Å²) in [5, 5.41) is 4.01. The third kappa shape index (κ3) is 2.45. The first-order valence-electron chi connectivity index (χ1n) is 7.18. The quantitative estimate of drug-likeness (QED) is 0.909. The van der Waals surface area contributed by atoms with Crippen molar-refractivity contribution in [2.24, 2.45) is 0 Å². The third-order valence-corrected chi connectivity index (χ3v) is 5.36. The van der Waals surface area contributed by atoms with E-state index in [4.69, 9.17) is 5.73 Å². The molecule has 4 heteroatoms. The fourth-order valence-electron chi connectivity index (χ4n) is 3.26. The summed E-state index contributed by atoms with van der Waals surface area (Å²) in [4.78, 5) is 5.94. The summed E-state index contributed by atoms with van der Waals surface area (Å²) in [5.74, 6) is 0. The zero-order chi connectivity index (χ0) is 14.0. The lowest BCUT2D eigenvalue weighted by Gasteiger charge is -2.37. The zero-order valence-corrected chi connectivity index (χ0v) is 12.7.